The van der Waals surface area contributed by atoms with E-state index in [4.69, 9.17) is 10.2 Å². The smallest absolute Gasteiger partial charge is 0.323 e. The number of rotatable bonds is 7. The Kier molecular flexibility index (Phi) is 5.03. The zero-order valence-corrected chi connectivity index (χ0v) is 11.9. The summed E-state index contributed by atoms with van der Waals surface area (Å²) in [6.45, 7) is 2.09. The molecule has 1 aliphatic heterocycles. The van der Waals surface area contributed by atoms with Gasteiger partial charge in [0.15, 0.2) is 0 Å². The minimum atomic E-state index is -0.969. The number of carboxylic acid groups (broad SMARTS) is 2. The van der Waals surface area contributed by atoms with E-state index in [1.54, 1.807) is 4.90 Å². The van der Waals surface area contributed by atoms with Gasteiger partial charge in [-0.25, -0.2) is 0 Å². The summed E-state index contributed by atoms with van der Waals surface area (Å²) in [5.41, 5.74) is 1.87. The van der Waals surface area contributed by atoms with Crippen LogP contribution >= 0.6 is 0 Å². The summed E-state index contributed by atoms with van der Waals surface area (Å²) in [6.07, 6.45) is 2.32. The molecule has 114 valence electrons. The van der Waals surface area contributed by atoms with E-state index in [0.717, 1.165) is 24.5 Å². The summed E-state index contributed by atoms with van der Waals surface area (Å²) < 4.78 is 0. The number of anilines is 2. The third-order valence-corrected chi connectivity index (χ3v) is 3.61. The lowest BCUT2D eigenvalue weighted by Crippen LogP contribution is -2.31. The van der Waals surface area contributed by atoms with Gasteiger partial charge in [-0.3, -0.25) is 9.59 Å². The Morgan fingerprint density at radius 1 is 1.05 bits per heavy atom. The lowest BCUT2D eigenvalue weighted by atomic mass is 10.2. The van der Waals surface area contributed by atoms with E-state index in [1.807, 2.05) is 24.3 Å². The third-order valence-electron chi connectivity index (χ3n) is 3.61. The zero-order chi connectivity index (χ0) is 15.2. The lowest BCUT2D eigenvalue weighted by molar-refractivity contribution is -0.138. The van der Waals surface area contributed by atoms with Crippen LogP contribution in [-0.2, 0) is 9.59 Å². The molecule has 0 unspecified atom stereocenters. The van der Waals surface area contributed by atoms with Gasteiger partial charge in [-0.05, 0) is 37.1 Å². The fourth-order valence-electron chi connectivity index (χ4n) is 2.54. The second-order valence-electron chi connectivity index (χ2n) is 5.17. The summed E-state index contributed by atoms with van der Waals surface area (Å²) in [5, 5.41) is 17.7. The Bertz CT molecular complexity index is 495. The van der Waals surface area contributed by atoms with Gasteiger partial charge in [0, 0.05) is 31.0 Å². The third kappa shape index (κ3) is 4.37. The van der Waals surface area contributed by atoms with Gasteiger partial charge in [-0.2, -0.15) is 0 Å². The SMILES string of the molecule is O=C(O)CCN(CC(=O)O)c1ccc(N2CCCC2)cc1. The first-order chi connectivity index (χ1) is 10.1. The summed E-state index contributed by atoms with van der Waals surface area (Å²) in [4.78, 5) is 25.4. The van der Waals surface area contributed by atoms with E-state index in [9.17, 15) is 9.59 Å². The topological polar surface area (TPSA) is 81.1 Å². The summed E-state index contributed by atoms with van der Waals surface area (Å²) in [5.74, 6) is -1.90. The normalized spacial score (nSPS) is 14.2. The number of carboxylic acids is 2. The minimum absolute atomic E-state index is 0.0822. The van der Waals surface area contributed by atoms with Gasteiger partial charge in [0.05, 0.1) is 6.42 Å². The van der Waals surface area contributed by atoms with Crippen molar-refractivity contribution in [3.8, 4) is 0 Å². The molecule has 21 heavy (non-hydrogen) atoms. The molecule has 0 atom stereocenters. The molecule has 2 rings (SSSR count). The van der Waals surface area contributed by atoms with Crippen LogP contribution < -0.4 is 9.80 Å². The molecule has 0 saturated carbocycles. The number of hydrogen-bond donors (Lipinski definition) is 2. The van der Waals surface area contributed by atoms with Crippen molar-refractivity contribution < 1.29 is 19.8 Å². The van der Waals surface area contributed by atoms with Crippen molar-refractivity contribution in [3.05, 3.63) is 24.3 Å². The van der Waals surface area contributed by atoms with E-state index in [-0.39, 0.29) is 19.5 Å². The van der Waals surface area contributed by atoms with Crippen LogP contribution in [0.15, 0.2) is 24.3 Å². The van der Waals surface area contributed by atoms with E-state index >= 15 is 0 Å². The molecule has 1 saturated heterocycles. The second-order valence-corrected chi connectivity index (χ2v) is 5.17. The first-order valence-electron chi connectivity index (χ1n) is 7.10. The van der Waals surface area contributed by atoms with E-state index < -0.39 is 11.9 Å². The molecule has 6 nitrogen and oxygen atoms in total. The van der Waals surface area contributed by atoms with E-state index in [0.29, 0.717) is 0 Å². The molecular weight excluding hydrogens is 272 g/mol. The molecule has 0 amide bonds. The second kappa shape index (κ2) is 6.97. The molecule has 1 aliphatic rings. The molecule has 0 aliphatic carbocycles. The molecule has 6 heteroatoms. The summed E-state index contributed by atoms with van der Waals surface area (Å²) >= 11 is 0. The maximum Gasteiger partial charge on any atom is 0.323 e. The minimum Gasteiger partial charge on any atom is -0.481 e. The van der Waals surface area contributed by atoms with Crippen LogP contribution in [0, 0.1) is 0 Å². The average molecular weight is 292 g/mol. The molecule has 0 spiro atoms. The van der Waals surface area contributed by atoms with Gasteiger partial charge in [-0.1, -0.05) is 0 Å². The Morgan fingerprint density at radius 3 is 2.19 bits per heavy atom. The predicted molar refractivity (Wildman–Crippen MR) is 80.0 cm³/mol. The quantitative estimate of drug-likeness (QED) is 0.795. The fourth-order valence-corrected chi connectivity index (χ4v) is 2.54. The molecule has 1 aromatic carbocycles. The van der Waals surface area contributed by atoms with Crippen molar-refractivity contribution in [3.63, 3.8) is 0 Å². The summed E-state index contributed by atoms with van der Waals surface area (Å²) in [7, 11) is 0. The van der Waals surface area contributed by atoms with Crippen molar-refractivity contribution in [2.45, 2.75) is 19.3 Å². The van der Waals surface area contributed by atoms with Crippen LogP contribution in [-0.4, -0.2) is 48.3 Å². The van der Waals surface area contributed by atoms with Gasteiger partial charge >= 0.3 is 11.9 Å². The van der Waals surface area contributed by atoms with Crippen LogP contribution in [0.25, 0.3) is 0 Å². The highest BCUT2D eigenvalue weighted by molar-refractivity contribution is 5.75. The van der Waals surface area contributed by atoms with Crippen molar-refractivity contribution in [1.82, 2.24) is 0 Å². The Labute approximate surface area is 123 Å². The van der Waals surface area contributed by atoms with Crippen LogP contribution in [0.1, 0.15) is 19.3 Å². The number of benzene rings is 1. The average Bonchev–Trinajstić information content (AvgIpc) is 2.97. The molecule has 1 heterocycles. The number of hydrogen-bond acceptors (Lipinski definition) is 4. The molecule has 1 aromatic rings. The summed E-state index contributed by atoms with van der Waals surface area (Å²) in [6, 6.07) is 7.66. The fraction of sp³-hybridized carbons (Fsp3) is 0.467. The van der Waals surface area contributed by atoms with Gasteiger partial charge in [-0.15, -0.1) is 0 Å². The Morgan fingerprint density at radius 2 is 1.67 bits per heavy atom. The van der Waals surface area contributed by atoms with E-state index in [2.05, 4.69) is 4.90 Å². The zero-order valence-electron chi connectivity index (χ0n) is 11.9. The molecule has 0 bridgehead atoms. The largest absolute Gasteiger partial charge is 0.481 e. The van der Waals surface area contributed by atoms with Crippen molar-refractivity contribution in [2.24, 2.45) is 0 Å². The highest BCUT2D eigenvalue weighted by Gasteiger charge is 2.15. The predicted octanol–water partition coefficient (Wildman–Crippen LogP) is 1.65. The highest BCUT2D eigenvalue weighted by Crippen LogP contribution is 2.24. The molecule has 2 N–H and O–H groups in total. The van der Waals surface area contributed by atoms with Gasteiger partial charge in [0.1, 0.15) is 6.54 Å². The van der Waals surface area contributed by atoms with Gasteiger partial charge < -0.3 is 20.0 Å². The Hall–Kier alpha value is -2.24. The first kappa shape index (κ1) is 15.2. The maximum atomic E-state index is 10.9. The monoisotopic (exact) mass is 292 g/mol. The van der Waals surface area contributed by atoms with Gasteiger partial charge in [0.2, 0.25) is 0 Å². The Balaban J connectivity index is 2.07. The van der Waals surface area contributed by atoms with Crippen LogP contribution in [0.2, 0.25) is 0 Å². The molecule has 1 fully saturated rings. The molecule has 0 aromatic heterocycles. The lowest BCUT2D eigenvalue weighted by Gasteiger charge is -2.24. The number of carbonyl (C=O) groups is 2. The molecule has 0 radical (unpaired) electrons. The van der Waals surface area contributed by atoms with Gasteiger partial charge in [0.25, 0.3) is 0 Å². The van der Waals surface area contributed by atoms with Crippen molar-refractivity contribution in [1.29, 1.82) is 0 Å². The van der Waals surface area contributed by atoms with Crippen LogP contribution in [0.5, 0.6) is 0 Å². The number of nitrogens with zero attached hydrogens (tertiary/aromatic N) is 2. The van der Waals surface area contributed by atoms with Crippen LogP contribution in [0.4, 0.5) is 11.4 Å². The van der Waals surface area contributed by atoms with Crippen LogP contribution in [0.3, 0.4) is 0 Å². The van der Waals surface area contributed by atoms with Crippen molar-refractivity contribution in [2.75, 3.05) is 36.0 Å². The molecular formula is C15H20N2O4. The van der Waals surface area contributed by atoms with E-state index in [1.165, 1.54) is 12.8 Å². The standard InChI is InChI=1S/C15H20N2O4/c18-14(19)7-10-17(11-15(20)21)13-5-3-12(4-6-13)16-8-1-2-9-16/h3-6H,1-2,7-11H2,(H,18,19)(H,20,21). The number of aliphatic carboxylic acids is 2. The maximum absolute atomic E-state index is 10.9. The first-order valence-corrected chi connectivity index (χ1v) is 7.10. The van der Waals surface area contributed by atoms with Crippen molar-refractivity contribution >= 4 is 23.3 Å². The highest BCUT2D eigenvalue weighted by atomic mass is 16.4.